The van der Waals surface area contributed by atoms with E-state index in [9.17, 15) is 0 Å². The summed E-state index contributed by atoms with van der Waals surface area (Å²) in [5.74, 6) is 2.59. The highest BCUT2D eigenvalue weighted by Crippen LogP contribution is 2.36. The lowest BCUT2D eigenvalue weighted by atomic mass is 10.2. The molecular formula is C22H18ClN3O4. The molecule has 0 aliphatic rings. The van der Waals surface area contributed by atoms with Gasteiger partial charge in [0.1, 0.15) is 23.8 Å². The molecule has 0 aliphatic heterocycles. The summed E-state index contributed by atoms with van der Waals surface area (Å²) < 4.78 is 22.5. The fraction of sp³-hybridized carbons (Fsp3) is 0.136. The average Bonchev–Trinajstić information content (AvgIpc) is 2.77. The Morgan fingerprint density at radius 1 is 0.900 bits per heavy atom. The summed E-state index contributed by atoms with van der Waals surface area (Å²) in [6, 6.07) is 16.5. The van der Waals surface area contributed by atoms with E-state index in [1.165, 1.54) is 13.4 Å². The Morgan fingerprint density at radius 3 is 2.50 bits per heavy atom. The van der Waals surface area contributed by atoms with Crippen molar-refractivity contribution in [1.29, 1.82) is 0 Å². The number of para-hydroxylation sites is 1. The molecule has 0 unspecified atom stereocenters. The summed E-state index contributed by atoms with van der Waals surface area (Å²) in [6.07, 6.45) is 1.45. The zero-order valence-electron chi connectivity index (χ0n) is 16.3. The van der Waals surface area contributed by atoms with Crippen LogP contribution in [0.1, 0.15) is 5.56 Å². The monoisotopic (exact) mass is 423 g/mol. The molecule has 0 saturated heterocycles. The SMILES string of the molecule is COc1cc(COc2cc3ncnc(Oc4ccccc4)c3cc2OC)cc(Cl)n1. The maximum absolute atomic E-state index is 6.03. The van der Waals surface area contributed by atoms with Gasteiger partial charge in [-0.05, 0) is 29.8 Å². The van der Waals surface area contributed by atoms with Crippen molar-refractivity contribution >= 4 is 22.5 Å². The van der Waals surface area contributed by atoms with Gasteiger partial charge in [0, 0.05) is 12.1 Å². The van der Waals surface area contributed by atoms with Gasteiger partial charge in [-0.25, -0.2) is 15.0 Å². The van der Waals surface area contributed by atoms with E-state index in [1.807, 2.05) is 30.3 Å². The molecule has 0 aliphatic carbocycles. The highest BCUT2D eigenvalue weighted by molar-refractivity contribution is 6.29. The second kappa shape index (κ2) is 8.84. The van der Waals surface area contributed by atoms with Gasteiger partial charge >= 0.3 is 0 Å². The van der Waals surface area contributed by atoms with Gasteiger partial charge in [-0.1, -0.05) is 29.8 Å². The van der Waals surface area contributed by atoms with Crippen LogP contribution in [-0.2, 0) is 6.61 Å². The van der Waals surface area contributed by atoms with Crippen LogP contribution in [0.4, 0.5) is 0 Å². The van der Waals surface area contributed by atoms with E-state index in [0.29, 0.717) is 45.1 Å². The van der Waals surface area contributed by atoms with Crippen LogP contribution >= 0.6 is 11.6 Å². The van der Waals surface area contributed by atoms with Gasteiger partial charge in [-0.3, -0.25) is 0 Å². The van der Waals surface area contributed by atoms with Crippen LogP contribution in [0.25, 0.3) is 10.9 Å². The molecule has 2 heterocycles. The first-order valence-corrected chi connectivity index (χ1v) is 9.43. The van der Waals surface area contributed by atoms with Crippen LogP contribution in [0.3, 0.4) is 0 Å². The number of ether oxygens (including phenoxy) is 4. The Balaban J connectivity index is 1.64. The fourth-order valence-corrected chi connectivity index (χ4v) is 3.09. The third-order valence-corrected chi connectivity index (χ3v) is 4.47. The molecule has 0 saturated carbocycles. The average molecular weight is 424 g/mol. The van der Waals surface area contributed by atoms with Gasteiger partial charge in [0.25, 0.3) is 0 Å². The number of rotatable bonds is 7. The topological polar surface area (TPSA) is 75.6 Å². The van der Waals surface area contributed by atoms with Crippen LogP contribution in [0.15, 0.2) is 60.9 Å². The second-order valence-electron chi connectivity index (χ2n) is 6.24. The molecule has 0 bridgehead atoms. The number of nitrogens with zero attached hydrogens (tertiary/aromatic N) is 3. The molecule has 2 aromatic carbocycles. The van der Waals surface area contributed by atoms with Crippen LogP contribution in [0.5, 0.6) is 29.0 Å². The third kappa shape index (κ3) is 4.36. The molecule has 0 radical (unpaired) electrons. The smallest absolute Gasteiger partial charge is 0.230 e. The molecular weight excluding hydrogens is 406 g/mol. The predicted molar refractivity (Wildman–Crippen MR) is 113 cm³/mol. The first kappa shape index (κ1) is 19.7. The molecule has 2 aromatic heterocycles. The predicted octanol–water partition coefficient (Wildman–Crippen LogP) is 5.07. The Kier molecular flexibility index (Phi) is 5.81. The summed E-state index contributed by atoms with van der Waals surface area (Å²) >= 11 is 6.03. The summed E-state index contributed by atoms with van der Waals surface area (Å²) in [7, 11) is 3.10. The highest BCUT2D eigenvalue weighted by atomic mass is 35.5. The van der Waals surface area contributed by atoms with Gasteiger partial charge in [0.2, 0.25) is 11.8 Å². The van der Waals surface area contributed by atoms with Crippen molar-refractivity contribution in [2.45, 2.75) is 6.61 Å². The van der Waals surface area contributed by atoms with E-state index in [2.05, 4.69) is 15.0 Å². The van der Waals surface area contributed by atoms with E-state index in [0.717, 1.165) is 5.56 Å². The van der Waals surface area contributed by atoms with E-state index < -0.39 is 0 Å². The lowest BCUT2D eigenvalue weighted by Crippen LogP contribution is -2.00. The summed E-state index contributed by atoms with van der Waals surface area (Å²) in [4.78, 5) is 12.7. The molecule has 0 amide bonds. The fourth-order valence-electron chi connectivity index (χ4n) is 2.87. The maximum Gasteiger partial charge on any atom is 0.230 e. The number of pyridine rings is 1. The molecule has 152 valence electrons. The van der Waals surface area contributed by atoms with Gasteiger partial charge in [-0.2, -0.15) is 0 Å². The van der Waals surface area contributed by atoms with Crippen LogP contribution < -0.4 is 18.9 Å². The number of methoxy groups -OCH3 is 2. The van der Waals surface area contributed by atoms with Crippen molar-refractivity contribution in [3.63, 3.8) is 0 Å². The Labute approximate surface area is 178 Å². The number of hydrogen-bond donors (Lipinski definition) is 0. The van der Waals surface area contributed by atoms with Gasteiger partial charge in [-0.15, -0.1) is 0 Å². The van der Waals surface area contributed by atoms with Crippen molar-refractivity contribution in [3.8, 4) is 29.0 Å². The maximum atomic E-state index is 6.03. The Bertz CT molecular complexity index is 1170. The molecule has 0 atom stereocenters. The number of benzene rings is 2. The second-order valence-corrected chi connectivity index (χ2v) is 6.63. The minimum atomic E-state index is 0.249. The first-order valence-electron chi connectivity index (χ1n) is 9.05. The normalized spacial score (nSPS) is 10.6. The van der Waals surface area contributed by atoms with Gasteiger partial charge < -0.3 is 18.9 Å². The van der Waals surface area contributed by atoms with E-state index in [-0.39, 0.29) is 6.61 Å². The van der Waals surface area contributed by atoms with Crippen molar-refractivity contribution in [2.75, 3.05) is 14.2 Å². The van der Waals surface area contributed by atoms with Crippen molar-refractivity contribution in [2.24, 2.45) is 0 Å². The highest BCUT2D eigenvalue weighted by Gasteiger charge is 2.14. The minimum absolute atomic E-state index is 0.249. The van der Waals surface area contributed by atoms with Crippen molar-refractivity contribution in [3.05, 3.63) is 71.6 Å². The summed E-state index contributed by atoms with van der Waals surface area (Å²) in [5.41, 5.74) is 1.47. The third-order valence-electron chi connectivity index (χ3n) is 4.28. The minimum Gasteiger partial charge on any atom is -0.493 e. The van der Waals surface area contributed by atoms with Crippen LogP contribution in [0, 0.1) is 0 Å². The van der Waals surface area contributed by atoms with E-state index in [4.69, 9.17) is 30.5 Å². The zero-order valence-corrected chi connectivity index (χ0v) is 17.1. The molecule has 0 N–H and O–H groups in total. The molecule has 0 spiro atoms. The molecule has 30 heavy (non-hydrogen) atoms. The lowest BCUT2D eigenvalue weighted by Gasteiger charge is -2.14. The summed E-state index contributed by atoms with van der Waals surface area (Å²) in [5, 5.41) is 1.04. The Hall–Kier alpha value is -3.58. The number of fused-ring (bicyclic) bond motifs is 1. The van der Waals surface area contributed by atoms with Gasteiger partial charge in [0.05, 0.1) is 25.1 Å². The zero-order chi connectivity index (χ0) is 20.9. The summed E-state index contributed by atoms with van der Waals surface area (Å²) in [6.45, 7) is 0.249. The molecule has 7 nitrogen and oxygen atoms in total. The molecule has 4 rings (SSSR count). The molecule has 8 heteroatoms. The van der Waals surface area contributed by atoms with Crippen molar-refractivity contribution in [1.82, 2.24) is 15.0 Å². The quantitative estimate of drug-likeness (QED) is 0.384. The van der Waals surface area contributed by atoms with E-state index in [1.54, 1.807) is 31.4 Å². The Morgan fingerprint density at radius 2 is 1.73 bits per heavy atom. The van der Waals surface area contributed by atoms with Gasteiger partial charge in [0.15, 0.2) is 11.5 Å². The number of aromatic nitrogens is 3. The lowest BCUT2D eigenvalue weighted by molar-refractivity contribution is 0.284. The number of halogens is 1. The largest absolute Gasteiger partial charge is 0.493 e. The van der Waals surface area contributed by atoms with E-state index >= 15 is 0 Å². The number of hydrogen-bond acceptors (Lipinski definition) is 7. The molecule has 4 aromatic rings. The van der Waals surface area contributed by atoms with Crippen LogP contribution in [0.2, 0.25) is 5.15 Å². The molecule has 0 fully saturated rings. The van der Waals surface area contributed by atoms with Crippen LogP contribution in [-0.4, -0.2) is 29.2 Å². The first-order chi connectivity index (χ1) is 14.7. The van der Waals surface area contributed by atoms with Crippen molar-refractivity contribution < 1.29 is 18.9 Å². The standard InChI is InChI=1S/C22H18ClN3O4/c1-27-18-10-16-17(24-13-25-22(16)30-15-6-4-3-5-7-15)11-19(18)29-12-14-8-20(23)26-21(9-14)28-2/h3-11,13H,12H2,1-2H3.